The van der Waals surface area contributed by atoms with Crippen LogP contribution in [-0.2, 0) is 16.6 Å². The molecule has 2 aliphatic rings. The molecule has 6 nitrogen and oxygen atoms in total. The van der Waals surface area contributed by atoms with Crippen LogP contribution in [0, 0.1) is 0 Å². The zero-order valence-corrected chi connectivity index (χ0v) is 21.2. The highest BCUT2D eigenvalue weighted by Crippen LogP contribution is 2.28. The second-order valence-corrected chi connectivity index (χ2v) is 10.6. The van der Waals surface area contributed by atoms with E-state index in [0.717, 1.165) is 48.9 Å². The average Bonchev–Trinajstić information content (AvgIpc) is 3.19. The Kier molecular flexibility index (Phi) is 10.0. The summed E-state index contributed by atoms with van der Waals surface area (Å²) in [6.07, 6.45) is 8.74. The number of halogens is 1. The molecule has 164 valence electrons. The van der Waals surface area contributed by atoms with E-state index in [4.69, 9.17) is 0 Å². The molecule has 2 N–H and O–H groups in total. The van der Waals surface area contributed by atoms with Gasteiger partial charge < -0.3 is 10.6 Å². The largest absolute Gasteiger partial charge is 0.354 e. The first kappa shape index (κ1) is 24.7. The second kappa shape index (κ2) is 11.8. The molecule has 0 radical (unpaired) electrons. The van der Waals surface area contributed by atoms with E-state index in [1.807, 2.05) is 23.9 Å². The smallest absolute Gasteiger partial charge is 0.243 e. The molecule has 1 aliphatic heterocycles. The van der Waals surface area contributed by atoms with Crippen LogP contribution in [0.4, 0.5) is 0 Å². The van der Waals surface area contributed by atoms with E-state index < -0.39 is 10.0 Å². The topological polar surface area (TPSA) is 73.8 Å². The predicted octanol–water partition coefficient (Wildman–Crippen LogP) is 3.43. The summed E-state index contributed by atoms with van der Waals surface area (Å²) in [5.74, 6) is 0.774. The Morgan fingerprint density at radius 3 is 2.66 bits per heavy atom. The SMILES string of the molecule is CN=C(NCc1cccc(S(=O)(=O)N2CCCCC2)c1)NC1CCC(SC)C1.I. The lowest BCUT2D eigenvalue weighted by Crippen LogP contribution is -2.42. The van der Waals surface area contributed by atoms with Crippen molar-refractivity contribution in [1.29, 1.82) is 0 Å². The van der Waals surface area contributed by atoms with E-state index >= 15 is 0 Å². The molecule has 2 unspecified atom stereocenters. The van der Waals surface area contributed by atoms with Crippen molar-refractivity contribution in [2.75, 3.05) is 26.4 Å². The van der Waals surface area contributed by atoms with Crippen molar-refractivity contribution in [3.8, 4) is 0 Å². The quantitative estimate of drug-likeness (QED) is 0.322. The highest BCUT2D eigenvalue weighted by molar-refractivity contribution is 14.0. The number of nitrogens with zero attached hydrogens (tertiary/aromatic N) is 2. The van der Waals surface area contributed by atoms with Crippen LogP contribution in [-0.4, -0.2) is 56.4 Å². The molecular weight excluding hydrogens is 519 g/mol. The molecule has 29 heavy (non-hydrogen) atoms. The van der Waals surface area contributed by atoms with Crippen LogP contribution >= 0.6 is 35.7 Å². The van der Waals surface area contributed by atoms with Gasteiger partial charge in [-0.3, -0.25) is 4.99 Å². The van der Waals surface area contributed by atoms with Crippen molar-refractivity contribution in [2.24, 2.45) is 4.99 Å². The molecule has 1 aliphatic carbocycles. The summed E-state index contributed by atoms with van der Waals surface area (Å²) in [6.45, 7) is 1.79. The number of piperidine rings is 1. The fraction of sp³-hybridized carbons (Fsp3) is 0.650. The summed E-state index contributed by atoms with van der Waals surface area (Å²) in [7, 11) is -1.63. The number of hydrogen-bond donors (Lipinski definition) is 2. The van der Waals surface area contributed by atoms with E-state index in [2.05, 4.69) is 21.9 Å². The van der Waals surface area contributed by atoms with Crippen LogP contribution < -0.4 is 10.6 Å². The second-order valence-electron chi connectivity index (χ2n) is 7.55. The molecule has 2 fully saturated rings. The highest BCUT2D eigenvalue weighted by Gasteiger charge is 2.26. The van der Waals surface area contributed by atoms with Crippen LogP contribution in [0.25, 0.3) is 0 Å². The number of guanidine groups is 1. The minimum Gasteiger partial charge on any atom is -0.354 e. The van der Waals surface area contributed by atoms with Gasteiger partial charge in [0.05, 0.1) is 4.90 Å². The Morgan fingerprint density at radius 1 is 1.24 bits per heavy atom. The Balaban J connectivity index is 0.00000300. The normalized spacial score (nSPS) is 23.4. The molecule has 1 saturated carbocycles. The van der Waals surface area contributed by atoms with Crippen LogP contribution in [0.1, 0.15) is 44.1 Å². The van der Waals surface area contributed by atoms with Crippen molar-refractivity contribution in [2.45, 2.75) is 61.3 Å². The van der Waals surface area contributed by atoms with Crippen molar-refractivity contribution < 1.29 is 8.42 Å². The maximum absolute atomic E-state index is 12.9. The van der Waals surface area contributed by atoms with Crippen LogP contribution in [0.2, 0.25) is 0 Å². The molecule has 1 saturated heterocycles. The molecule has 2 atom stereocenters. The monoisotopic (exact) mass is 552 g/mol. The van der Waals surface area contributed by atoms with E-state index in [9.17, 15) is 8.42 Å². The van der Waals surface area contributed by atoms with E-state index in [-0.39, 0.29) is 24.0 Å². The first-order valence-corrected chi connectivity index (χ1v) is 12.8. The molecule has 0 amide bonds. The fourth-order valence-electron chi connectivity index (χ4n) is 3.93. The van der Waals surface area contributed by atoms with E-state index in [1.165, 1.54) is 6.42 Å². The third-order valence-electron chi connectivity index (χ3n) is 5.59. The van der Waals surface area contributed by atoms with Gasteiger partial charge in [0.1, 0.15) is 0 Å². The number of aliphatic imine (C=N–C) groups is 1. The lowest BCUT2D eigenvalue weighted by atomic mass is 10.2. The average molecular weight is 553 g/mol. The molecule has 1 aromatic rings. The molecule has 0 aromatic heterocycles. The van der Waals surface area contributed by atoms with Crippen molar-refractivity contribution in [3.05, 3.63) is 29.8 Å². The minimum absolute atomic E-state index is 0. The number of sulfonamides is 1. The van der Waals surface area contributed by atoms with Gasteiger partial charge in [-0.25, -0.2) is 8.42 Å². The zero-order chi connectivity index (χ0) is 20.0. The lowest BCUT2D eigenvalue weighted by Gasteiger charge is -2.26. The summed E-state index contributed by atoms with van der Waals surface area (Å²) in [4.78, 5) is 4.71. The first-order chi connectivity index (χ1) is 13.5. The minimum atomic E-state index is -3.40. The first-order valence-electron chi connectivity index (χ1n) is 10.1. The lowest BCUT2D eigenvalue weighted by molar-refractivity contribution is 0.346. The molecule has 0 bridgehead atoms. The Morgan fingerprint density at radius 2 is 2.00 bits per heavy atom. The highest BCUT2D eigenvalue weighted by atomic mass is 127. The summed E-state index contributed by atoms with van der Waals surface area (Å²) >= 11 is 1.94. The van der Waals surface area contributed by atoms with Crippen LogP contribution in [0.3, 0.4) is 0 Å². The third kappa shape index (κ3) is 6.73. The molecule has 0 spiro atoms. The number of benzene rings is 1. The Labute approximate surface area is 196 Å². The van der Waals surface area contributed by atoms with Gasteiger partial charge in [0, 0.05) is 38.0 Å². The fourth-order valence-corrected chi connectivity index (χ4v) is 6.31. The third-order valence-corrected chi connectivity index (χ3v) is 8.58. The molecule has 1 aromatic carbocycles. The van der Waals surface area contributed by atoms with Gasteiger partial charge in [0.2, 0.25) is 10.0 Å². The number of hydrogen-bond acceptors (Lipinski definition) is 4. The summed E-state index contributed by atoms with van der Waals surface area (Å²) in [5, 5.41) is 7.55. The summed E-state index contributed by atoms with van der Waals surface area (Å²) in [5.41, 5.74) is 0.939. The van der Waals surface area contributed by atoms with Crippen molar-refractivity contribution >= 4 is 51.7 Å². The number of nitrogens with one attached hydrogen (secondary N) is 2. The van der Waals surface area contributed by atoms with E-state index in [1.54, 1.807) is 23.5 Å². The Hall–Kier alpha value is -0.520. The van der Waals surface area contributed by atoms with Gasteiger partial charge >= 0.3 is 0 Å². The molecular formula is C20H33IN4O2S2. The van der Waals surface area contributed by atoms with Crippen molar-refractivity contribution in [1.82, 2.24) is 14.9 Å². The van der Waals surface area contributed by atoms with Gasteiger partial charge in [-0.1, -0.05) is 18.6 Å². The van der Waals surface area contributed by atoms with Crippen LogP contribution in [0.15, 0.2) is 34.2 Å². The van der Waals surface area contributed by atoms with Gasteiger partial charge in [0.15, 0.2) is 5.96 Å². The predicted molar refractivity (Wildman–Crippen MR) is 133 cm³/mol. The van der Waals surface area contributed by atoms with Gasteiger partial charge in [-0.15, -0.1) is 24.0 Å². The zero-order valence-electron chi connectivity index (χ0n) is 17.3. The van der Waals surface area contributed by atoms with Gasteiger partial charge in [-0.05, 0) is 56.1 Å². The molecule has 3 rings (SSSR count). The molecule has 1 heterocycles. The summed E-state index contributed by atoms with van der Waals surface area (Å²) < 4.78 is 27.4. The number of rotatable bonds is 6. The number of thioether (sulfide) groups is 1. The van der Waals surface area contributed by atoms with Crippen LogP contribution in [0.5, 0.6) is 0 Å². The standard InChI is InChI=1S/C20H32N4O2S2.HI/c1-21-20(23-17-9-10-18(14-17)27-2)22-15-16-7-6-8-19(13-16)28(25,26)24-11-4-3-5-12-24;/h6-8,13,17-18H,3-5,9-12,14-15H2,1-2H3,(H2,21,22,23);1H. The maximum atomic E-state index is 12.9. The Bertz CT molecular complexity index is 782. The van der Waals surface area contributed by atoms with Crippen molar-refractivity contribution in [3.63, 3.8) is 0 Å². The van der Waals surface area contributed by atoms with Gasteiger partial charge in [0.25, 0.3) is 0 Å². The molecule has 9 heteroatoms. The summed E-state index contributed by atoms with van der Waals surface area (Å²) in [6, 6.07) is 7.71. The van der Waals surface area contributed by atoms with Gasteiger partial charge in [-0.2, -0.15) is 16.1 Å². The maximum Gasteiger partial charge on any atom is 0.243 e. The van der Waals surface area contributed by atoms with E-state index in [0.29, 0.717) is 30.6 Å².